The number of benzene rings is 2. The second kappa shape index (κ2) is 8.62. The lowest BCUT2D eigenvalue weighted by Crippen LogP contribution is -2.26. The molecule has 4 nitrogen and oxygen atoms in total. The van der Waals surface area contributed by atoms with Crippen LogP contribution in [0.25, 0.3) is 11.1 Å². The second-order valence-corrected chi connectivity index (χ2v) is 6.81. The molecule has 0 aliphatic heterocycles. The maximum absolute atomic E-state index is 14.8. The van der Waals surface area contributed by atoms with Crippen LogP contribution in [0.2, 0.25) is 0 Å². The molecule has 0 unspecified atom stereocenters. The fourth-order valence-electron chi connectivity index (χ4n) is 3.22. The summed E-state index contributed by atoms with van der Waals surface area (Å²) in [5.41, 5.74) is 2.75. The molecule has 2 aromatic carbocycles. The summed E-state index contributed by atoms with van der Waals surface area (Å²) in [6, 6.07) is 15.6. The highest BCUT2D eigenvalue weighted by molar-refractivity contribution is 5.70. The molecular weight excluding hydrogens is 353 g/mol. The summed E-state index contributed by atoms with van der Waals surface area (Å²) < 4.78 is 16.4. The summed E-state index contributed by atoms with van der Waals surface area (Å²) in [6.45, 7) is 4.01. The number of unbranched alkanes of at least 4 members (excludes halogenated alkanes) is 1. The third-order valence-corrected chi connectivity index (χ3v) is 4.71. The zero-order valence-electron chi connectivity index (χ0n) is 16.1. The van der Waals surface area contributed by atoms with Gasteiger partial charge in [0.1, 0.15) is 11.6 Å². The first-order valence-electron chi connectivity index (χ1n) is 9.38. The topological polar surface area (TPSA) is 58.7 Å². The number of hydrogen-bond donors (Lipinski definition) is 0. The molecule has 28 heavy (non-hydrogen) atoms. The van der Waals surface area contributed by atoms with Crippen LogP contribution in [0.1, 0.15) is 42.4 Å². The quantitative estimate of drug-likeness (QED) is 0.632. The summed E-state index contributed by atoms with van der Waals surface area (Å²) >= 11 is 0. The van der Waals surface area contributed by atoms with Crippen LogP contribution in [0, 0.1) is 24.1 Å². The zero-order valence-corrected chi connectivity index (χ0v) is 16.1. The average Bonchev–Trinajstić information content (AvgIpc) is 2.69. The SMILES string of the molecule is CCCCc1nc(C)cc(=O)n1Cc1ccc(-c2ccccc2C#N)cc1F. The maximum atomic E-state index is 14.8. The molecule has 0 aliphatic rings. The molecular formula is C23H22FN3O. The maximum Gasteiger partial charge on any atom is 0.254 e. The lowest BCUT2D eigenvalue weighted by atomic mass is 9.99. The molecule has 3 aromatic rings. The van der Waals surface area contributed by atoms with Crippen LogP contribution in [0.15, 0.2) is 53.3 Å². The number of rotatable bonds is 6. The Labute approximate surface area is 163 Å². The smallest absolute Gasteiger partial charge is 0.254 e. The Morgan fingerprint density at radius 1 is 1.18 bits per heavy atom. The van der Waals surface area contributed by atoms with Gasteiger partial charge in [-0.05, 0) is 36.6 Å². The minimum Gasteiger partial charge on any atom is -0.292 e. The van der Waals surface area contributed by atoms with E-state index in [9.17, 15) is 14.4 Å². The average molecular weight is 375 g/mol. The van der Waals surface area contributed by atoms with E-state index in [1.54, 1.807) is 41.8 Å². The van der Waals surface area contributed by atoms with E-state index in [2.05, 4.69) is 18.0 Å². The van der Waals surface area contributed by atoms with Gasteiger partial charge in [-0.2, -0.15) is 5.26 Å². The lowest BCUT2D eigenvalue weighted by molar-refractivity contribution is 0.578. The number of nitrogens with zero attached hydrogens (tertiary/aromatic N) is 3. The van der Waals surface area contributed by atoms with Crippen LogP contribution in [0.4, 0.5) is 4.39 Å². The molecule has 3 rings (SSSR count). The molecule has 0 radical (unpaired) electrons. The van der Waals surface area contributed by atoms with Crippen molar-refractivity contribution in [3.8, 4) is 17.2 Å². The van der Waals surface area contributed by atoms with E-state index in [1.807, 2.05) is 6.07 Å². The van der Waals surface area contributed by atoms with E-state index in [0.717, 1.165) is 12.8 Å². The molecule has 1 heterocycles. The molecule has 0 spiro atoms. The summed E-state index contributed by atoms with van der Waals surface area (Å²) in [6.07, 6.45) is 2.59. The van der Waals surface area contributed by atoms with Gasteiger partial charge in [-0.15, -0.1) is 0 Å². The summed E-state index contributed by atoms with van der Waals surface area (Å²) in [7, 11) is 0. The largest absolute Gasteiger partial charge is 0.292 e. The van der Waals surface area contributed by atoms with Crippen molar-refractivity contribution in [2.45, 2.75) is 39.7 Å². The second-order valence-electron chi connectivity index (χ2n) is 6.81. The van der Waals surface area contributed by atoms with Crippen molar-refractivity contribution >= 4 is 0 Å². The highest BCUT2D eigenvalue weighted by Crippen LogP contribution is 2.25. The molecule has 1 aromatic heterocycles. The van der Waals surface area contributed by atoms with Crippen molar-refractivity contribution in [3.63, 3.8) is 0 Å². The normalized spacial score (nSPS) is 10.6. The van der Waals surface area contributed by atoms with Gasteiger partial charge in [0.15, 0.2) is 0 Å². The first kappa shape index (κ1) is 19.5. The number of halogens is 1. The molecule has 0 aliphatic carbocycles. The van der Waals surface area contributed by atoms with Gasteiger partial charge in [0.2, 0.25) is 0 Å². The highest BCUT2D eigenvalue weighted by atomic mass is 19.1. The molecule has 0 bridgehead atoms. The van der Waals surface area contributed by atoms with Crippen LogP contribution in [-0.4, -0.2) is 9.55 Å². The Bertz CT molecular complexity index is 1100. The third-order valence-electron chi connectivity index (χ3n) is 4.71. The summed E-state index contributed by atoms with van der Waals surface area (Å²) in [5.74, 6) is 0.282. The van der Waals surface area contributed by atoms with E-state index in [4.69, 9.17) is 0 Å². The van der Waals surface area contributed by atoms with Crippen LogP contribution >= 0.6 is 0 Å². The van der Waals surface area contributed by atoms with Gasteiger partial charge >= 0.3 is 0 Å². The van der Waals surface area contributed by atoms with E-state index < -0.39 is 5.82 Å². The van der Waals surface area contributed by atoms with Crippen molar-refractivity contribution < 1.29 is 4.39 Å². The van der Waals surface area contributed by atoms with Crippen LogP contribution in [0.5, 0.6) is 0 Å². The Morgan fingerprint density at radius 2 is 1.96 bits per heavy atom. The summed E-state index contributed by atoms with van der Waals surface area (Å²) in [5, 5.41) is 9.26. The predicted octanol–water partition coefficient (Wildman–Crippen LogP) is 4.62. The minimum atomic E-state index is -0.404. The van der Waals surface area contributed by atoms with Gasteiger partial charge in [0, 0.05) is 23.7 Å². The number of nitriles is 1. The van der Waals surface area contributed by atoms with E-state index in [0.29, 0.717) is 40.2 Å². The molecule has 142 valence electrons. The molecule has 0 amide bonds. The van der Waals surface area contributed by atoms with Crippen molar-refractivity contribution in [3.05, 3.63) is 87.3 Å². The predicted molar refractivity (Wildman–Crippen MR) is 107 cm³/mol. The van der Waals surface area contributed by atoms with Gasteiger partial charge in [-0.3, -0.25) is 9.36 Å². The fourth-order valence-corrected chi connectivity index (χ4v) is 3.22. The first-order valence-corrected chi connectivity index (χ1v) is 9.38. The minimum absolute atomic E-state index is 0.136. The number of aryl methyl sites for hydroxylation is 2. The van der Waals surface area contributed by atoms with Gasteiger partial charge in [0.25, 0.3) is 5.56 Å². The number of hydrogen-bond acceptors (Lipinski definition) is 3. The Kier molecular flexibility index (Phi) is 6.00. The Balaban J connectivity index is 1.97. The van der Waals surface area contributed by atoms with Crippen LogP contribution in [-0.2, 0) is 13.0 Å². The van der Waals surface area contributed by atoms with E-state index >= 15 is 0 Å². The van der Waals surface area contributed by atoms with Crippen LogP contribution in [0.3, 0.4) is 0 Å². The number of aromatic nitrogens is 2. The van der Waals surface area contributed by atoms with Gasteiger partial charge < -0.3 is 0 Å². The fraction of sp³-hybridized carbons (Fsp3) is 0.261. The first-order chi connectivity index (χ1) is 13.5. The third kappa shape index (κ3) is 4.17. The van der Waals surface area contributed by atoms with Gasteiger partial charge in [0.05, 0.1) is 18.2 Å². The highest BCUT2D eigenvalue weighted by Gasteiger charge is 2.12. The van der Waals surface area contributed by atoms with Crippen molar-refractivity contribution in [2.24, 2.45) is 0 Å². The van der Waals surface area contributed by atoms with Gasteiger partial charge in [-0.25, -0.2) is 9.37 Å². The van der Waals surface area contributed by atoms with E-state index in [1.165, 1.54) is 12.1 Å². The van der Waals surface area contributed by atoms with Crippen molar-refractivity contribution in [1.29, 1.82) is 5.26 Å². The molecule has 5 heteroatoms. The zero-order chi connectivity index (χ0) is 20.1. The van der Waals surface area contributed by atoms with Gasteiger partial charge in [-0.1, -0.05) is 43.7 Å². The molecule has 0 N–H and O–H groups in total. The van der Waals surface area contributed by atoms with Crippen molar-refractivity contribution in [2.75, 3.05) is 0 Å². The Hall–Kier alpha value is -3.26. The van der Waals surface area contributed by atoms with Crippen molar-refractivity contribution in [1.82, 2.24) is 9.55 Å². The van der Waals surface area contributed by atoms with E-state index in [-0.39, 0.29) is 12.1 Å². The monoisotopic (exact) mass is 375 g/mol. The molecule has 0 saturated heterocycles. The molecule has 0 fully saturated rings. The lowest BCUT2D eigenvalue weighted by Gasteiger charge is -2.14. The molecule has 0 atom stereocenters. The summed E-state index contributed by atoms with van der Waals surface area (Å²) in [4.78, 5) is 17.0. The molecule has 0 saturated carbocycles. The standard InChI is InChI=1S/C23H22FN3O/c1-3-4-9-22-26-16(2)12-23(28)27(22)15-19-11-10-17(13-21(19)24)20-8-6-5-7-18(20)14-25/h5-8,10-13H,3-4,9,15H2,1-2H3. The Morgan fingerprint density at radius 3 is 2.68 bits per heavy atom. The van der Waals surface area contributed by atoms with Crippen LogP contribution < -0.4 is 5.56 Å².